The highest BCUT2D eigenvalue weighted by Gasteiger charge is 2.09. The Hall–Kier alpha value is -1.04. The van der Waals surface area contributed by atoms with Gasteiger partial charge in [-0.1, -0.05) is 6.07 Å². The summed E-state index contributed by atoms with van der Waals surface area (Å²) < 4.78 is 0. The number of aryl methyl sites for hydroxylation is 1. The fourth-order valence-corrected chi connectivity index (χ4v) is 3.15. The molecular formula is C13H15N3S2. The van der Waals surface area contributed by atoms with Gasteiger partial charge in [-0.2, -0.15) is 0 Å². The molecule has 0 saturated heterocycles. The molecule has 0 spiro atoms. The molecule has 0 atom stereocenters. The van der Waals surface area contributed by atoms with Gasteiger partial charge in [-0.05, 0) is 48.2 Å². The molecule has 1 aromatic heterocycles. The van der Waals surface area contributed by atoms with Gasteiger partial charge in [-0.15, -0.1) is 11.8 Å². The number of thioether (sulfide) groups is 1. The van der Waals surface area contributed by atoms with Crippen LogP contribution in [0.4, 0.5) is 0 Å². The molecule has 0 saturated carbocycles. The van der Waals surface area contributed by atoms with Crippen molar-refractivity contribution in [3.8, 4) is 0 Å². The Labute approximate surface area is 116 Å². The van der Waals surface area contributed by atoms with Gasteiger partial charge >= 0.3 is 0 Å². The molecule has 0 radical (unpaired) electrons. The second-order valence-corrected chi connectivity index (χ2v) is 5.64. The third-order valence-electron chi connectivity index (χ3n) is 2.47. The molecule has 1 heterocycles. The van der Waals surface area contributed by atoms with Gasteiger partial charge in [0, 0.05) is 28.7 Å². The minimum atomic E-state index is 0.533. The van der Waals surface area contributed by atoms with E-state index in [2.05, 4.69) is 28.4 Å². The maximum atomic E-state index is 5.84. The molecule has 94 valence electrons. The van der Waals surface area contributed by atoms with E-state index >= 15 is 0 Å². The maximum Gasteiger partial charge on any atom is 0.192 e. The lowest BCUT2D eigenvalue weighted by atomic mass is 10.2. The summed E-state index contributed by atoms with van der Waals surface area (Å²) in [6.45, 7) is 2.51. The number of hydrogen-bond donors (Lipinski definition) is 1. The first-order chi connectivity index (χ1) is 8.74. The number of rotatable bonds is 4. The fraction of sp³-hybridized carbons (Fsp3) is 0.231. The highest BCUT2D eigenvalue weighted by Crippen LogP contribution is 2.32. The van der Waals surface area contributed by atoms with Crippen LogP contribution in [0.15, 0.2) is 45.5 Å². The predicted molar refractivity (Wildman–Crippen MR) is 77.0 cm³/mol. The van der Waals surface area contributed by atoms with Crippen LogP contribution in [0, 0.1) is 6.92 Å². The Morgan fingerprint density at radius 1 is 1.17 bits per heavy atom. The van der Waals surface area contributed by atoms with Crippen LogP contribution in [-0.2, 0) is 6.54 Å². The molecule has 0 amide bonds. The van der Waals surface area contributed by atoms with Crippen molar-refractivity contribution in [2.75, 3.05) is 6.26 Å². The molecule has 18 heavy (non-hydrogen) atoms. The van der Waals surface area contributed by atoms with E-state index in [-0.39, 0.29) is 0 Å². The Balaban J connectivity index is 2.31. The molecule has 2 rings (SSSR count). The molecule has 0 fully saturated rings. The minimum absolute atomic E-state index is 0.533. The van der Waals surface area contributed by atoms with Crippen LogP contribution in [0.25, 0.3) is 0 Å². The molecule has 1 aromatic carbocycles. The summed E-state index contributed by atoms with van der Waals surface area (Å²) in [5, 5.41) is 0.758. The van der Waals surface area contributed by atoms with Gasteiger partial charge < -0.3 is 5.73 Å². The molecule has 0 aliphatic rings. The van der Waals surface area contributed by atoms with Crippen LogP contribution in [0.2, 0.25) is 0 Å². The van der Waals surface area contributed by atoms with Crippen molar-refractivity contribution in [2.45, 2.75) is 28.4 Å². The summed E-state index contributed by atoms with van der Waals surface area (Å²) in [6.07, 6.45) is 5.72. The van der Waals surface area contributed by atoms with Gasteiger partial charge in [-0.3, -0.25) is 0 Å². The summed E-state index contributed by atoms with van der Waals surface area (Å²) >= 11 is 3.27. The van der Waals surface area contributed by atoms with Crippen molar-refractivity contribution in [3.63, 3.8) is 0 Å². The third-order valence-corrected chi connectivity index (χ3v) is 4.29. The Morgan fingerprint density at radius 2 is 1.83 bits per heavy atom. The average Bonchev–Trinajstić information content (AvgIpc) is 2.41. The maximum absolute atomic E-state index is 5.84. The summed E-state index contributed by atoms with van der Waals surface area (Å²) in [7, 11) is 0. The number of nitrogens with zero attached hydrogens (tertiary/aromatic N) is 2. The molecule has 3 nitrogen and oxygen atoms in total. The highest BCUT2D eigenvalue weighted by atomic mass is 32.2. The Morgan fingerprint density at radius 3 is 2.44 bits per heavy atom. The predicted octanol–water partition coefficient (Wildman–Crippen LogP) is 3.12. The van der Waals surface area contributed by atoms with E-state index in [0.717, 1.165) is 15.6 Å². The molecular weight excluding hydrogens is 262 g/mol. The van der Waals surface area contributed by atoms with Crippen molar-refractivity contribution >= 4 is 23.5 Å². The molecule has 2 N–H and O–H groups in total. The number of aromatic nitrogens is 2. The third kappa shape index (κ3) is 3.04. The SMILES string of the molecule is CSc1cccc(Sc2ncc(C)cn2)c1CN. The van der Waals surface area contributed by atoms with Gasteiger partial charge in [0.05, 0.1) is 0 Å². The van der Waals surface area contributed by atoms with Crippen molar-refractivity contribution in [1.29, 1.82) is 0 Å². The smallest absolute Gasteiger partial charge is 0.192 e. The van der Waals surface area contributed by atoms with Crippen LogP contribution in [-0.4, -0.2) is 16.2 Å². The first-order valence-electron chi connectivity index (χ1n) is 5.57. The van der Waals surface area contributed by atoms with Crippen LogP contribution < -0.4 is 5.73 Å². The van der Waals surface area contributed by atoms with Crippen molar-refractivity contribution < 1.29 is 0 Å². The molecule has 5 heteroatoms. The first kappa shape index (κ1) is 13.4. The topological polar surface area (TPSA) is 51.8 Å². The zero-order chi connectivity index (χ0) is 13.0. The lowest BCUT2D eigenvalue weighted by Gasteiger charge is -2.10. The van der Waals surface area contributed by atoms with E-state index < -0.39 is 0 Å². The number of benzene rings is 1. The first-order valence-corrected chi connectivity index (χ1v) is 7.61. The summed E-state index contributed by atoms with van der Waals surface area (Å²) in [6, 6.07) is 6.20. The Bertz CT molecular complexity index is 526. The average molecular weight is 277 g/mol. The molecule has 0 unspecified atom stereocenters. The van der Waals surface area contributed by atoms with E-state index in [4.69, 9.17) is 5.73 Å². The molecule has 0 aliphatic carbocycles. The van der Waals surface area contributed by atoms with Gasteiger partial charge in [0.2, 0.25) is 0 Å². The van der Waals surface area contributed by atoms with E-state index in [1.807, 2.05) is 25.4 Å². The van der Waals surface area contributed by atoms with Crippen molar-refractivity contribution in [3.05, 3.63) is 41.7 Å². The summed E-state index contributed by atoms with van der Waals surface area (Å²) in [5.41, 5.74) is 8.07. The lowest BCUT2D eigenvalue weighted by Crippen LogP contribution is -2.00. The summed E-state index contributed by atoms with van der Waals surface area (Å²) in [5.74, 6) is 0. The minimum Gasteiger partial charge on any atom is -0.326 e. The standard InChI is InChI=1S/C13H15N3S2/c1-9-7-15-13(16-8-9)18-12-5-3-4-11(17-2)10(12)6-14/h3-5,7-8H,6,14H2,1-2H3. The second kappa shape index (κ2) is 6.22. The number of hydrogen-bond acceptors (Lipinski definition) is 5. The van der Waals surface area contributed by atoms with Crippen LogP contribution >= 0.6 is 23.5 Å². The van der Waals surface area contributed by atoms with Crippen LogP contribution in [0.3, 0.4) is 0 Å². The van der Waals surface area contributed by atoms with Crippen molar-refractivity contribution in [2.24, 2.45) is 5.73 Å². The molecule has 2 aromatic rings. The van der Waals surface area contributed by atoms with Crippen LogP contribution in [0.1, 0.15) is 11.1 Å². The second-order valence-electron chi connectivity index (χ2n) is 3.79. The molecule has 0 bridgehead atoms. The quantitative estimate of drug-likeness (QED) is 0.687. The van der Waals surface area contributed by atoms with E-state index in [0.29, 0.717) is 6.54 Å². The van der Waals surface area contributed by atoms with Gasteiger partial charge in [0.1, 0.15) is 0 Å². The van der Waals surface area contributed by atoms with E-state index in [1.165, 1.54) is 10.5 Å². The zero-order valence-electron chi connectivity index (χ0n) is 10.4. The van der Waals surface area contributed by atoms with Crippen LogP contribution in [0.5, 0.6) is 0 Å². The van der Waals surface area contributed by atoms with E-state index in [9.17, 15) is 0 Å². The molecule has 0 aliphatic heterocycles. The number of nitrogens with two attached hydrogens (primary N) is 1. The van der Waals surface area contributed by atoms with Gasteiger partial charge in [0.25, 0.3) is 0 Å². The van der Waals surface area contributed by atoms with E-state index in [1.54, 1.807) is 23.5 Å². The highest BCUT2D eigenvalue weighted by molar-refractivity contribution is 7.99. The fourth-order valence-electron chi connectivity index (χ4n) is 1.57. The van der Waals surface area contributed by atoms with Crippen molar-refractivity contribution in [1.82, 2.24) is 9.97 Å². The zero-order valence-corrected chi connectivity index (χ0v) is 12.0. The largest absolute Gasteiger partial charge is 0.326 e. The van der Waals surface area contributed by atoms with Gasteiger partial charge in [0.15, 0.2) is 5.16 Å². The Kier molecular flexibility index (Phi) is 4.63. The van der Waals surface area contributed by atoms with Gasteiger partial charge in [-0.25, -0.2) is 9.97 Å². The summed E-state index contributed by atoms with van der Waals surface area (Å²) in [4.78, 5) is 11.0. The normalized spacial score (nSPS) is 10.6. The monoisotopic (exact) mass is 277 g/mol. The lowest BCUT2D eigenvalue weighted by molar-refractivity contribution is 0.939.